The summed E-state index contributed by atoms with van der Waals surface area (Å²) in [4.78, 5) is 0. The van der Waals surface area contributed by atoms with E-state index in [0.29, 0.717) is 6.04 Å². The highest BCUT2D eigenvalue weighted by Crippen LogP contribution is 2.17. The van der Waals surface area contributed by atoms with Gasteiger partial charge in [-0.1, -0.05) is 28.1 Å². The van der Waals surface area contributed by atoms with Crippen molar-refractivity contribution in [2.45, 2.75) is 25.8 Å². The lowest BCUT2D eigenvalue weighted by atomic mass is 10.1. The van der Waals surface area contributed by atoms with Crippen molar-refractivity contribution in [2.75, 3.05) is 6.54 Å². The van der Waals surface area contributed by atoms with Gasteiger partial charge in [0.05, 0.1) is 0 Å². The van der Waals surface area contributed by atoms with Gasteiger partial charge in [0.25, 0.3) is 0 Å². The quantitative estimate of drug-likeness (QED) is 0.635. The third-order valence-corrected chi connectivity index (χ3v) is 2.79. The summed E-state index contributed by atoms with van der Waals surface area (Å²) in [6.07, 6.45) is 7.07. The lowest BCUT2D eigenvalue weighted by Crippen LogP contribution is -2.19. The lowest BCUT2D eigenvalue weighted by molar-refractivity contribution is 0.562. The number of benzene rings is 1. The van der Waals surface area contributed by atoms with Crippen molar-refractivity contribution in [1.82, 2.24) is 5.32 Å². The Balaban J connectivity index is 2.40. The van der Waals surface area contributed by atoms with Crippen LogP contribution in [-0.4, -0.2) is 6.54 Å². The molecule has 0 bridgehead atoms. The normalized spacial score (nSPS) is 12.1. The van der Waals surface area contributed by atoms with Crippen LogP contribution < -0.4 is 5.32 Å². The maximum Gasteiger partial charge on any atom is 0.0292 e. The second kappa shape index (κ2) is 6.66. The molecule has 0 amide bonds. The summed E-state index contributed by atoms with van der Waals surface area (Å²) < 4.78 is 1.12. The van der Waals surface area contributed by atoms with Crippen molar-refractivity contribution >= 4 is 15.9 Å². The SMILES string of the molecule is C#CCCCN[C@@H](C)c1cccc(Br)c1. The zero-order valence-corrected chi connectivity index (χ0v) is 10.5. The number of hydrogen-bond acceptors (Lipinski definition) is 1. The van der Waals surface area contributed by atoms with E-state index in [9.17, 15) is 0 Å². The fourth-order valence-corrected chi connectivity index (χ4v) is 1.82. The van der Waals surface area contributed by atoms with Crippen LogP contribution >= 0.6 is 15.9 Å². The van der Waals surface area contributed by atoms with E-state index in [1.165, 1.54) is 5.56 Å². The summed E-state index contributed by atoms with van der Waals surface area (Å²) in [5.41, 5.74) is 1.30. The minimum Gasteiger partial charge on any atom is -0.310 e. The number of hydrogen-bond donors (Lipinski definition) is 1. The van der Waals surface area contributed by atoms with Gasteiger partial charge in [-0.3, -0.25) is 0 Å². The molecule has 0 aliphatic heterocycles. The van der Waals surface area contributed by atoms with E-state index in [2.05, 4.69) is 52.3 Å². The molecule has 0 aliphatic carbocycles. The Labute approximate surface area is 100 Å². The Morgan fingerprint density at radius 2 is 2.33 bits per heavy atom. The number of terminal acetylenes is 1. The first-order valence-electron chi connectivity index (χ1n) is 5.16. The van der Waals surface area contributed by atoms with Crippen LogP contribution in [0.15, 0.2) is 28.7 Å². The van der Waals surface area contributed by atoms with Gasteiger partial charge in [-0.05, 0) is 37.6 Å². The number of nitrogens with one attached hydrogen (secondary N) is 1. The van der Waals surface area contributed by atoms with Crippen LogP contribution in [0.4, 0.5) is 0 Å². The molecule has 1 atom stereocenters. The molecule has 0 saturated carbocycles. The molecule has 0 spiro atoms. The number of halogens is 1. The fourth-order valence-electron chi connectivity index (χ4n) is 1.40. The van der Waals surface area contributed by atoms with Crippen LogP contribution in [-0.2, 0) is 0 Å². The smallest absolute Gasteiger partial charge is 0.0292 e. The molecule has 0 aromatic heterocycles. The van der Waals surface area contributed by atoms with Gasteiger partial charge in [0.1, 0.15) is 0 Å². The van der Waals surface area contributed by atoms with E-state index < -0.39 is 0 Å². The molecule has 0 unspecified atom stereocenters. The summed E-state index contributed by atoms with van der Waals surface area (Å²) in [5.74, 6) is 2.64. The van der Waals surface area contributed by atoms with Crippen molar-refractivity contribution in [1.29, 1.82) is 0 Å². The Morgan fingerprint density at radius 3 is 3.00 bits per heavy atom. The van der Waals surface area contributed by atoms with E-state index in [1.807, 2.05) is 6.07 Å². The molecule has 80 valence electrons. The topological polar surface area (TPSA) is 12.0 Å². The Hall–Kier alpha value is -0.780. The maximum absolute atomic E-state index is 5.19. The standard InChI is InChI=1S/C13H16BrN/c1-3-4-5-9-15-11(2)12-7-6-8-13(14)10-12/h1,6-8,10-11,15H,4-5,9H2,2H3/t11-/m0/s1. The summed E-state index contributed by atoms with van der Waals surface area (Å²) in [6.45, 7) is 3.13. The van der Waals surface area contributed by atoms with Gasteiger partial charge in [0, 0.05) is 16.9 Å². The van der Waals surface area contributed by atoms with Gasteiger partial charge >= 0.3 is 0 Å². The number of unbranched alkanes of at least 4 members (excludes halogenated alkanes) is 1. The lowest BCUT2D eigenvalue weighted by Gasteiger charge is -2.13. The predicted octanol–water partition coefficient (Wildman–Crippen LogP) is 3.51. The van der Waals surface area contributed by atoms with Gasteiger partial charge in [-0.25, -0.2) is 0 Å². The Kier molecular flexibility index (Phi) is 5.45. The molecule has 1 N–H and O–H groups in total. The highest BCUT2D eigenvalue weighted by Gasteiger charge is 2.03. The van der Waals surface area contributed by atoms with Crippen molar-refractivity contribution < 1.29 is 0 Å². The van der Waals surface area contributed by atoms with E-state index in [4.69, 9.17) is 6.42 Å². The van der Waals surface area contributed by atoms with Gasteiger partial charge in [0.15, 0.2) is 0 Å². The first-order chi connectivity index (χ1) is 7.24. The second-order valence-corrected chi connectivity index (χ2v) is 4.45. The number of rotatable bonds is 5. The first-order valence-corrected chi connectivity index (χ1v) is 5.95. The van der Waals surface area contributed by atoms with Gasteiger partial charge in [0.2, 0.25) is 0 Å². The summed E-state index contributed by atoms with van der Waals surface area (Å²) in [5, 5.41) is 3.44. The van der Waals surface area contributed by atoms with Crippen LogP contribution in [0.2, 0.25) is 0 Å². The summed E-state index contributed by atoms with van der Waals surface area (Å²) in [6, 6.07) is 8.73. The van der Waals surface area contributed by atoms with E-state index in [1.54, 1.807) is 0 Å². The zero-order valence-electron chi connectivity index (χ0n) is 8.96. The van der Waals surface area contributed by atoms with Gasteiger partial charge in [-0.15, -0.1) is 12.3 Å². The molecule has 0 aliphatic rings. The highest BCUT2D eigenvalue weighted by atomic mass is 79.9. The van der Waals surface area contributed by atoms with Crippen molar-refractivity contribution in [3.63, 3.8) is 0 Å². The summed E-state index contributed by atoms with van der Waals surface area (Å²) in [7, 11) is 0. The van der Waals surface area contributed by atoms with Crippen molar-refractivity contribution in [3.05, 3.63) is 34.3 Å². The van der Waals surface area contributed by atoms with Crippen molar-refractivity contribution in [3.8, 4) is 12.3 Å². The minimum absolute atomic E-state index is 0.375. The van der Waals surface area contributed by atoms with E-state index in [0.717, 1.165) is 23.9 Å². The van der Waals surface area contributed by atoms with Crippen LogP contribution in [0.25, 0.3) is 0 Å². The third-order valence-electron chi connectivity index (χ3n) is 2.30. The molecular formula is C13H16BrN. The predicted molar refractivity (Wildman–Crippen MR) is 68.6 cm³/mol. The molecule has 1 aromatic rings. The molecule has 15 heavy (non-hydrogen) atoms. The molecule has 1 aromatic carbocycles. The molecule has 1 rings (SSSR count). The molecule has 0 radical (unpaired) electrons. The molecule has 0 heterocycles. The first kappa shape index (κ1) is 12.3. The van der Waals surface area contributed by atoms with Crippen LogP contribution in [0.3, 0.4) is 0 Å². The fraction of sp³-hybridized carbons (Fsp3) is 0.385. The zero-order chi connectivity index (χ0) is 11.1. The van der Waals surface area contributed by atoms with E-state index >= 15 is 0 Å². The van der Waals surface area contributed by atoms with Crippen LogP contribution in [0.1, 0.15) is 31.4 Å². The van der Waals surface area contributed by atoms with E-state index in [-0.39, 0.29) is 0 Å². The minimum atomic E-state index is 0.375. The van der Waals surface area contributed by atoms with Crippen LogP contribution in [0.5, 0.6) is 0 Å². The second-order valence-electron chi connectivity index (χ2n) is 3.54. The summed E-state index contributed by atoms with van der Waals surface area (Å²) >= 11 is 3.47. The largest absolute Gasteiger partial charge is 0.310 e. The molecule has 0 fully saturated rings. The van der Waals surface area contributed by atoms with Crippen molar-refractivity contribution in [2.24, 2.45) is 0 Å². The Bertz CT molecular complexity index is 341. The Morgan fingerprint density at radius 1 is 1.53 bits per heavy atom. The molecule has 0 saturated heterocycles. The molecular weight excluding hydrogens is 250 g/mol. The van der Waals surface area contributed by atoms with Gasteiger partial charge < -0.3 is 5.32 Å². The average molecular weight is 266 g/mol. The van der Waals surface area contributed by atoms with Gasteiger partial charge in [-0.2, -0.15) is 0 Å². The third kappa shape index (κ3) is 4.51. The monoisotopic (exact) mass is 265 g/mol. The average Bonchev–Trinajstić information content (AvgIpc) is 2.24. The van der Waals surface area contributed by atoms with Crippen LogP contribution in [0, 0.1) is 12.3 Å². The highest BCUT2D eigenvalue weighted by molar-refractivity contribution is 9.10. The maximum atomic E-state index is 5.19. The molecule has 1 nitrogen and oxygen atoms in total. The molecule has 2 heteroatoms.